The minimum absolute atomic E-state index is 0.559. The fourth-order valence-electron chi connectivity index (χ4n) is 0.741. The predicted molar refractivity (Wildman–Crippen MR) is 45.7 cm³/mol. The third-order valence-electron chi connectivity index (χ3n) is 1.33. The number of pyridine rings is 1. The molecule has 0 saturated carbocycles. The van der Waals surface area contributed by atoms with Crippen molar-refractivity contribution in [2.75, 3.05) is 5.73 Å². The van der Waals surface area contributed by atoms with Crippen LogP contribution in [0, 0.1) is 0 Å². The second-order valence-electron chi connectivity index (χ2n) is 2.04. The molecule has 0 radical (unpaired) electrons. The first-order chi connectivity index (χ1) is 4.74. The topological polar surface area (TPSA) is 38.9 Å². The van der Waals surface area contributed by atoms with Gasteiger partial charge in [-0.3, -0.25) is 0 Å². The number of hydrogen-bond donors (Lipinski definition) is 1. The summed E-state index contributed by atoms with van der Waals surface area (Å²) in [6, 6.07) is 3.79. The van der Waals surface area contributed by atoms with E-state index in [2.05, 4.69) is 27.8 Å². The molecule has 1 aromatic rings. The Morgan fingerprint density at radius 3 is 2.80 bits per heavy atom. The Balaban J connectivity index is 3.07. The van der Waals surface area contributed by atoms with Crippen LogP contribution in [-0.2, 0) is 6.42 Å². The number of hydrogen-bond acceptors (Lipinski definition) is 2. The molecular formula is C7H9BrN2. The summed E-state index contributed by atoms with van der Waals surface area (Å²) in [4.78, 5) is 4.04. The maximum absolute atomic E-state index is 5.44. The highest BCUT2D eigenvalue weighted by molar-refractivity contribution is 9.10. The second-order valence-corrected chi connectivity index (χ2v) is 2.79. The maximum Gasteiger partial charge on any atom is 0.124 e. The number of aromatic nitrogens is 1. The summed E-state index contributed by atoms with van der Waals surface area (Å²) < 4.78 is 0.856. The average molecular weight is 201 g/mol. The Kier molecular flexibility index (Phi) is 2.27. The quantitative estimate of drug-likeness (QED) is 0.705. The van der Waals surface area contributed by atoms with Gasteiger partial charge in [-0.1, -0.05) is 13.0 Å². The molecule has 1 rings (SSSR count). The van der Waals surface area contributed by atoms with E-state index in [1.165, 1.54) is 5.56 Å². The molecule has 0 saturated heterocycles. The third kappa shape index (κ3) is 1.48. The van der Waals surface area contributed by atoms with E-state index in [9.17, 15) is 0 Å². The molecule has 2 N–H and O–H groups in total. The van der Waals surface area contributed by atoms with Gasteiger partial charge in [0.05, 0.1) is 0 Å². The Labute approximate surface area is 68.6 Å². The lowest BCUT2D eigenvalue weighted by Gasteiger charge is -1.99. The van der Waals surface area contributed by atoms with E-state index in [0.717, 1.165) is 11.0 Å². The molecule has 0 amide bonds. The molecule has 2 nitrogen and oxygen atoms in total. The van der Waals surface area contributed by atoms with Crippen molar-refractivity contribution in [2.24, 2.45) is 0 Å². The van der Waals surface area contributed by atoms with Gasteiger partial charge in [0.1, 0.15) is 10.4 Å². The van der Waals surface area contributed by atoms with E-state index in [0.29, 0.717) is 5.82 Å². The summed E-state index contributed by atoms with van der Waals surface area (Å²) in [5.74, 6) is 0.559. The summed E-state index contributed by atoms with van der Waals surface area (Å²) in [7, 11) is 0. The van der Waals surface area contributed by atoms with Gasteiger partial charge in [-0.25, -0.2) is 4.98 Å². The lowest BCUT2D eigenvalue weighted by Crippen LogP contribution is -1.92. The van der Waals surface area contributed by atoms with Gasteiger partial charge in [0, 0.05) is 0 Å². The summed E-state index contributed by atoms with van der Waals surface area (Å²) in [5.41, 5.74) is 6.63. The Hall–Kier alpha value is -0.570. The monoisotopic (exact) mass is 200 g/mol. The highest BCUT2D eigenvalue weighted by Gasteiger charge is 1.97. The number of nitrogens with zero attached hydrogens (tertiary/aromatic N) is 1. The molecule has 0 aliphatic carbocycles. The minimum atomic E-state index is 0.559. The van der Waals surface area contributed by atoms with E-state index in [-0.39, 0.29) is 0 Å². The van der Waals surface area contributed by atoms with E-state index >= 15 is 0 Å². The molecule has 10 heavy (non-hydrogen) atoms. The van der Waals surface area contributed by atoms with E-state index in [1.807, 2.05) is 12.1 Å². The molecule has 54 valence electrons. The van der Waals surface area contributed by atoms with Crippen molar-refractivity contribution < 1.29 is 0 Å². The standard InChI is InChI=1S/C7H9BrN2/c1-2-5-3-4-6(9)10-7(5)8/h3-4H,2H2,1H3,(H2,9,10). The first kappa shape index (κ1) is 7.54. The molecule has 0 aliphatic heterocycles. The zero-order chi connectivity index (χ0) is 7.56. The molecule has 0 atom stereocenters. The SMILES string of the molecule is CCc1ccc(N)nc1Br. The van der Waals surface area contributed by atoms with Crippen molar-refractivity contribution in [2.45, 2.75) is 13.3 Å². The number of anilines is 1. The maximum atomic E-state index is 5.44. The molecule has 1 aromatic heterocycles. The van der Waals surface area contributed by atoms with Crippen LogP contribution in [0.5, 0.6) is 0 Å². The molecule has 3 heteroatoms. The van der Waals surface area contributed by atoms with Crippen LogP contribution in [-0.4, -0.2) is 4.98 Å². The number of nitrogen functional groups attached to an aromatic ring is 1. The number of nitrogens with two attached hydrogens (primary N) is 1. The van der Waals surface area contributed by atoms with Crippen molar-refractivity contribution in [1.82, 2.24) is 4.98 Å². The van der Waals surface area contributed by atoms with Crippen molar-refractivity contribution in [3.05, 3.63) is 22.3 Å². The zero-order valence-corrected chi connectivity index (χ0v) is 7.35. The van der Waals surface area contributed by atoms with Crippen LogP contribution >= 0.6 is 15.9 Å². The molecule has 0 spiro atoms. The van der Waals surface area contributed by atoms with Gasteiger partial charge >= 0.3 is 0 Å². The molecule has 0 unspecified atom stereocenters. The average Bonchev–Trinajstić information content (AvgIpc) is 1.88. The van der Waals surface area contributed by atoms with Gasteiger partial charge in [-0.15, -0.1) is 0 Å². The van der Waals surface area contributed by atoms with Gasteiger partial charge in [0.2, 0.25) is 0 Å². The Morgan fingerprint density at radius 2 is 2.30 bits per heavy atom. The smallest absolute Gasteiger partial charge is 0.124 e. The van der Waals surface area contributed by atoms with Crippen LogP contribution in [0.1, 0.15) is 12.5 Å². The molecule has 0 aliphatic rings. The second kappa shape index (κ2) is 3.01. The molecular weight excluding hydrogens is 192 g/mol. The van der Waals surface area contributed by atoms with Gasteiger partial charge in [0.25, 0.3) is 0 Å². The normalized spacial score (nSPS) is 9.80. The first-order valence-corrected chi connectivity index (χ1v) is 3.94. The number of halogens is 1. The van der Waals surface area contributed by atoms with Crippen LogP contribution < -0.4 is 5.73 Å². The largest absolute Gasteiger partial charge is 0.384 e. The first-order valence-electron chi connectivity index (χ1n) is 3.15. The highest BCUT2D eigenvalue weighted by Crippen LogP contribution is 2.15. The molecule has 0 bridgehead atoms. The van der Waals surface area contributed by atoms with E-state index in [4.69, 9.17) is 5.73 Å². The van der Waals surface area contributed by atoms with Gasteiger partial charge < -0.3 is 5.73 Å². The summed E-state index contributed by atoms with van der Waals surface area (Å²) in [6.07, 6.45) is 0.980. The van der Waals surface area contributed by atoms with Crippen LogP contribution in [0.4, 0.5) is 5.82 Å². The van der Waals surface area contributed by atoms with Gasteiger partial charge in [-0.2, -0.15) is 0 Å². The van der Waals surface area contributed by atoms with E-state index in [1.54, 1.807) is 0 Å². The molecule has 1 heterocycles. The summed E-state index contributed by atoms with van der Waals surface area (Å²) in [5, 5.41) is 0. The van der Waals surface area contributed by atoms with Crippen LogP contribution in [0.25, 0.3) is 0 Å². The number of rotatable bonds is 1. The lowest BCUT2D eigenvalue weighted by molar-refractivity contribution is 1.08. The van der Waals surface area contributed by atoms with E-state index < -0.39 is 0 Å². The minimum Gasteiger partial charge on any atom is -0.384 e. The predicted octanol–water partition coefficient (Wildman–Crippen LogP) is 1.99. The lowest BCUT2D eigenvalue weighted by atomic mass is 10.2. The number of aryl methyl sites for hydroxylation is 1. The van der Waals surface area contributed by atoms with Crippen molar-refractivity contribution in [1.29, 1.82) is 0 Å². The van der Waals surface area contributed by atoms with Crippen LogP contribution in [0.3, 0.4) is 0 Å². The zero-order valence-electron chi connectivity index (χ0n) is 5.76. The van der Waals surface area contributed by atoms with Crippen LogP contribution in [0.15, 0.2) is 16.7 Å². The molecule has 0 aromatic carbocycles. The van der Waals surface area contributed by atoms with Gasteiger partial charge in [-0.05, 0) is 34.0 Å². The molecule has 0 fully saturated rings. The fraction of sp³-hybridized carbons (Fsp3) is 0.286. The Morgan fingerprint density at radius 1 is 1.60 bits per heavy atom. The highest BCUT2D eigenvalue weighted by atomic mass is 79.9. The van der Waals surface area contributed by atoms with Crippen molar-refractivity contribution in [3.8, 4) is 0 Å². The van der Waals surface area contributed by atoms with Crippen molar-refractivity contribution in [3.63, 3.8) is 0 Å². The van der Waals surface area contributed by atoms with Crippen LogP contribution in [0.2, 0.25) is 0 Å². The third-order valence-corrected chi connectivity index (χ3v) is 2.02. The van der Waals surface area contributed by atoms with Gasteiger partial charge in [0.15, 0.2) is 0 Å². The van der Waals surface area contributed by atoms with Crippen molar-refractivity contribution >= 4 is 21.7 Å². The summed E-state index contributed by atoms with van der Waals surface area (Å²) in [6.45, 7) is 2.08. The fourth-order valence-corrected chi connectivity index (χ4v) is 1.36. The Bertz CT molecular complexity index is 235. The summed E-state index contributed by atoms with van der Waals surface area (Å²) >= 11 is 3.32.